The van der Waals surface area contributed by atoms with Crippen LogP contribution in [-0.4, -0.2) is 10.9 Å². The Morgan fingerprint density at radius 1 is 1.39 bits per heavy atom. The number of hydrogen-bond donors (Lipinski definition) is 2. The van der Waals surface area contributed by atoms with Crippen molar-refractivity contribution in [3.8, 4) is 0 Å². The monoisotopic (exact) mass is 278 g/mol. The molecular weight excluding hydrogens is 264 g/mol. The third-order valence-corrected chi connectivity index (χ3v) is 4.12. The van der Waals surface area contributed by atoms with Crippen molar-refractivity contribution in [2.45, 2.75) is 19.9 Å². The van der Waals surface area contributed by atoms with Gasteiger partial charge in [0.1, 0.15) is 4.64 Å². The van der Waals surface area contributed by atoms with Gasteiger partial charge in [-0.1, -0.05) is 19.1 Å². The van der Waals surface area contributed by atoms with E-state index in [1.54, 1.807) is 29.7 Å². The van der Waals surface area contributed by atoms with Crippen molar-refractivity contribution in [3.05, 3.63) is 50.4 Å². The number of carbonyl (C=O) groups excluding carboxylic acids is 1. The second-order valence-corrected chi connectivity index (χ2v) is 5.48. The Morgan fingerprint density at radius 3 is 2.83 bits per heavy atom. The van der Waals surface area contributed by atoms with Crippen LogP contribution in [0.5, 0.6) is 0 Å². The molecule has 3 nitrogen and oxygen atoms in total. The van der Waals surface area contributed by atoms with Crippen molar-refractivity contribution >= 4 is 29.5 Å². The topological polar surface area (TPSA) is 44.9 Å². The molecular formula is C13H14N2OS2. The average Bonchev–Trinajstić information content (AvgIpc) is 2.84. The Kier molecular flexibility index (Phi) is 4.28. The first-order valence-corrected chi connectivity index (χ1v) is 6.96. The third-order valence-electron chi connectivity index (χ3n) is 2.55. The van der Waals surface area contributed by atoms with Gasteiger partial charge in [-0.05, 0) is 30.7 Å². The number of nitrogens with one attached hydrogen (secondary N) is 2. The van der Waals surface area contributed by atoms with Gasteiger partial charge in [-0.3, -0.25) is 4.79 Å². The Bertz CT molecular complexity index is 601. The molecule has 2 N–H and O–H groups in total. The van der Waals surface area contributed by atoms with Gasteiger partial charge < -0.3 is 10.3 Å². The summed E-state index contributed by atoms with van der Waals surface area (Å²) in [7, 11) is 0. The molecule has 94 valence electrons. The minimum absolute atomic E-state index is 0.136. The molecule has 0 aromatic carbocycles. The van der Waals surface area contributed by atoms with Gasteiger partial charge >= 0.3 is 0 Å². The lowest BCUT2D eigenvalue weighted by Crippen LogP contribution is -2.22. The van der Waals surface area contributed by atoms with Crippen molar-refractivity contribution in [2.24, 2.45) is 0 Å². The van der Waals surface area contributed by atoms with E-state index in [9.17, 15) is 4.79 Å². The molecule has 1 amide bonds. The van der Waals surface area contributed by atoms with E-state index >= 15 is 0 Å². The van der Waals surface area contributed by atoms with Crippen molar-refractivity contribution < 1.29 is 4.79 Å². The lowest BCUT2D eigenvalue weighted by Gasteiger charge is -2.03. The first kappa shape index (κ1) is 13.0. The van der Waals surface area contributed by atoms with Crippen LogP contribution in [0.4, 0.5) is 0 Å². The molecule has 0 bridgehead atoms. The van der Waals surface area contributed by atoms with Crippen LogP contribution >= 0.6 is 23.6 Å². The molecule has 0 unspecified atom stereocenters. The molecule has 0 aliphatic carbocycles. The molecule has 0 aliphatic rings. The van der Waals surface area contributed by atoms with Crippen LogP contribution in [0.25, 0.3) is 0 Å². The van der Waals surface area contributed by atoms with E-state index in [2.05, 4.69) is 29.4 Å². The highest BCUT2D eigenvalue weighted by Crippen LogP contribution is 2.16. The standard InChI is InChI=1S/C13H14N2OS2/c1-2-9-5-6-10(18-9)8-15-12(16)11-4-3-7-14-13(11)17/h3-7H,2,8H2,1H3,(H,14,17)(H,15,16). The lowest BCUT2D eigenvalue weighted by atomic mass is 10.2. The predicted octanol–water partition coefficient (Wildman–Crippen LogP) is 3.30. The summed E-state index contributed by atoms with van der Waals surface area (Å²) >= 11 is 6.79. The van der Waals surface area contributed by atoms with E-state index in [0.29, 0.717) is 16.7 Å². The molecule has 2 aromatic heterocycles. The van der Waals surface area contributed by atoms with Gasteiger partial charge in [-0.2, -0.15) is 0 Å². The maximum atomic E-state index is 11.9. The number of aryl methyl sites for hydroxylation is 1. The Balaban J connectivity index is 2.00. The van der Waals surface area contributed by atoms with Crippen molar-refractivity contribution in [1.82, 2.24) is 10.3 Å². The van der Waals surface area contributed by atoms with Crippen LogP contribution in [0.1, 0.15) is 27.0 Å². The fourth-order valence-electron chi connectivity index (χ4n) is 1.57. The molecule has 0 saturated carbocycles. The van der Waals surface area contributed by atoms with Crippen molar-refractivity contribution in [2.75, 3.05) is 0 Å². The molecule has 0 aliphatic heterocycles. The SMILES string of the molecule is CCc1ccc(CNC(=O)c2ccc[nH]c2=S)s1. The van der Waals surface area contributed by atoms with E-state index < -0.39 is 0 Å². The summed E-state index contributed by atoms with van der Waals surface area (Å²) < 4.78 is 0.468. The summed E-state index contributed by atoms with van der Waals surface area (Å²) in [5.41, 5.74) is 0.514. The molecule has 0 atom stereocenters. The highest BCUT2D eigenvalue weighted by molar-refractivity contribution is 7.71. The van der Waals surface area contributed by atoms with E-state index in [1.807, 2.05) is 0 Å². The van der Waals surface area contributed by atoms with Crippen LogP contribution in [0.2, 0.25) is 0 Å². The summed E-state index contributed by atoms with van der Waals surface area (Å²) in [4.78, 5) is 17.3. The zero-order chi connectivity index (χ0) is 13.0. The van der Waals surface area contributed by atoms with Crippen LogP contribution in [0.15, 0.2) is 30.5 Å². The first-order valence-electron chi connectivity index (χ1n) is 5.74. The van der Waals surface area contributed by atoms with Crippen molar-refractivity contribution in [3.63, 3.8) is 0 Å². The van der Waals surface area contributed by atoms with Gasteiger partial charge in [0.25, 0.3) is 5.91 Å². The Labute approximate surface area is 115 Å². The van der Waals surface area contributed by atoms with E-state index in [-0.39, 0.29) is 5.91 Å². The maximum absolute atomic E-state index is 11.9. The number of rotatable bonds is 4. The fraction of sp³-hybridized carbons (Fsp3) is 0.231. The molecule has 18 heavy (non-hydrogen) atoms. The van der Waals surface area contributed by atoms with Gasteiger partial charge in [-0.15, -0.1) is 11.3 Å². The van der Waals surface area contributed by atoms with Gasteiger partial charge in [0, 0.05) is 16.0 Å². The number of aromatic nitrogens is 1. The minimum atomic E-state index is -0.136. The first-order chi connectivity index (χ1) is 8.70. The number of thiophene rings is 1. The second kappa shape index (κ2) is 5.93. The second-order valence-electron chi connectivity index (χ2n) is 3.82. The Morgan fingerprint density at radius 2 is 2.17 bits per heavy atom. The van der Waals surface area contributed by atoms with Gasteiger partial charge in [0.15, 0.2) is 0 Å². The van der Waals surface area contributed by atoms with E-state index in [0.717, 1.165) is 11.3 Å². The molecule has 0 spiro atoms. The molecule has 0 fully saturated rings. The number of carbonyl (C=O) groups is 1. The number of aromatic amines is 1. The third kappa shape index (κ3) is 3.05. The van der Waals surface area contributed by atoms with Crippen LogP contribution in [0.3, 0.4) is 0 Å². The number of H-pyrrole nitrogens is 1. The van der Waals surface area contributed by atoms with Gasteiger partial charge in [0.2, 0.25) is 0 Å². The molecule has 2 heterocycles. The van der Waals surface area contributed by atoms with Crippen LogP contribution in [0, 0.1) is 4.64 Å². The summed E-state index contributed by atoms with van der Waals surface area (Å²) in [5, 5.41) is 2.88. The normalized spacial score (nSPS) is 10.3. The molecule has 0 saturated heterocycles. The summed E-state index contributed by atoms with van der Waals surface area (Å²) in [6.07, 6.45) is 2.74. The van der Waals surface area contributed by atoms with Crippen LogP contribution in [-0.2, 0) is 13.0 Å². The molecule has 2 rings (SSSR count). The number of pyridine rings is 1. The fourth-order valence-corrected chi connectivity index (χ4v) is 2.70. The molecule has 2 aromatic rings. The predicted molar refractivity (Wildman–Crippen MR) is 76.5 cm³/mol. The number of amides is 1. The minimum Gasteiger partial charge on any atom is -0.352 e. The lowest BCUT2D eigenvalue weighted by molar-refractivity contribution is 0.0950. The molecule has 0 radical (unpaired) electrons. The van der Waals surface area contributed by atoms with Crippen LogP contribution < -0.4 is 5.32 Å². The smallest absolute Gasteiger partial charge is 0.254 e. The summed E-state index contributed by atoms with van der Waals surface area (Å²) in [6.45, 7) is 2.67. The van der Waals surface area contributed by atoms with E-state index in [1.165, 1.54) is 4.88 Å². The zero-order valence-corrected chi connectivity index (χ0v) is 11.7. The van der Waals surface area contributed by atoms with Crippen molar-refractivity contribution in [1.29, 1.82) is 0 Å². The number of hydrogen-bond acceptors (Lipinski definition) is 3. The average molecular weight is 278 g/mol. The quantitative estimate of drug-likeness (QED) is 0.843. The van der Waals surface area contributed by atoms with E-state index in [4.69, 9.17) is 12.2 Å². The zero-order valence-electron chi connectivity index (χ0n) is 10.0. The maximum Gasteiger partial charge on any atom is 0.254 e. The highest BCUT2D eigenvalue weighted by Gasteiger charge is 2.07. The van der Waals surface area contributed by atoms with Gasteiger partial charge in [-0.25, -0.2) is 0 Å². The Hall–Kier alpha value is -1.46. The highest BCUT2D eigenvalue weighted by atomic mass is 32.1. The molecule has 5 heteroatoms. The largest absolute Gasteiger partial charge is 0.352 e. The summed E-state index contributed by atoms with van der Waals surface area (Å²) in [6, 6.07) is 7.64. The van der Waals surface area contributed by atoms with Gasteiger partial charge in [0.05, 0.1) is 12.1 Å². The summed E-state index contributed by atoms with van der Waals surface area (Å²) in [5.74, 6) is -0.136.